The second kappa shape index (κ2) is 57.7. The number of hydrogen-bond acceptors (Lipinski definition) is 6. The van der Waals surface area contributed by atoms with E-state index < -0.39 is 6.10 Å². The molecule has 0 fully saturated rings. The topological polar surface area (TPSA) is 78.9 Å². The lowest BCUT2D eigenvalue weighted by atomic mass is 10.0. The maximum Gasteiger partial charge on any atom is 0.306 e. The Bertz CT molecular complexity index is 1060. The monoisotopic (exact) mass is 959 g/mol. The van der Waals surface area contributed by atoms with Gasteiger partial charge in [0.1, 0.15) is 13.2 Å². The van der Waals surface area contributed by atoms with Crippen LogP contribution in [0.15, 0.2) is 12.2 Å². The molecule has 0 aromatic rings. The molecule has 0 aromatic carbocycles. The summed E-state index contributed by atoms with van der Waals surface area (Å²) in [4.78, 5) is 37.9. The molecular formula is C62H118O6. The van der Waals surface area contributed by atoms with Crippen LogP contribution in [0.25, 0.3) is 0 Å². The summed E-state index contributed by atoms with van der Waals surface area (Å²) in [6, 6.07) is 0. The molecule has 0 saturated carbocycles. The van der Waals surface area contributed by atoms with Crippen LogP contribution in [0.2, 0.25) is 0 Å². The van der Waals surface area contributed by atoms with Gasteiger partial charge >= 0.3 is 17.9 Å². The van der Waals surface area contributed by atoms with E-state index in [1.54, 1.807) is 0 Å². The molecular weight excluding hydrogens is 841 g/mol. The van der Waals surface area contributed by atoms with E-state index in [0.29, 0.717) is 19.3 Å². The van der Waals surface area contributed by atoms with Gasteiger partial charge in [0.2, 0.25) is 0 Å². The highest BCUT2D eigenvalue weighted by Gasteiger charge is 2.19. The fourth-order valence-electron chi connectivity index (χ4n) is 9.38. The maximum absolute atomic E-state index is 12.8. The van der Waals surface area contributed by atoms with Crippen molar-refractivity contribution in [2.24, 2.45) is 0 Å². The van der Waals surface area contributed by atoms with E-state index >= 15 is 0 Å². The van der Waals surface area contributed by atoms with Crippen LogP contribution in [0, 0.1) is 0 Å². The van der Waals surface area contributed by atoms with Gasteiger partial charge in [0.15, 0.2) is 6.10 Å². The van der Waals surface area contributed by atoms with E-state index in [0.717, 1.165) is 57.8 Å². The molecule has 0 radical (unpaired) electrons. The van der Waals surface area contributed by atoms with Crippen LogP contribution >= 0.6 is 0 Å². The highest BCUT2D eigenvalue weighted by molar-refractivity contribution is 5.71. The SMILES string of the molecule is CCCCCCCC/C=C\CCCCCCCCCC(=O)OC(COC(=O)CCCCCCCC)COC(=O)CCCCCCCCCCCCCCCCCCCCCCCCCCCCC. The van der Waals surface area contributed by atoms with Crippen molar-refractivity contribution in [3.63, 3.8) is 0 Å². The van der Waals surface area contributed by atoms with E-state index in [-0.39, 0.29) is 31.1 Å². The predicted octanol–water partition coefficient (Wildman–Crippen LogP) is 20.5. The summed E-state index contributed by atoms with van der Waals surface area (Å²) >= 11 is 0. The van der Waals surface area contributed by atoms with Gasteiger partial charge in [-0.05, 0) is 44.9 Å². The Morgan fingerprint density at radius 1 is 0.279 bits per heavy atom. The first-order valence-corrected chi connectivity index (χ1v) is 30.7. The maximum atomic E-state index is 12.8. The third-order valence-electron chi connectivity index (χ3n) is 14.0. The zero-order valence-corrected chi connectivity index (χ0v) is 46.2. The van der Waals surface area contributed by atoms with Gasteiger partial charge in [-0.3, -0.25) is 14.4 Å². The van der Waals surface area contributed by atoms with Crippen LogP contribution in [0.5, 0.6) is 0 Å². The summed E-state index contributed by atoms with van der Waals surface area (Å²) in [5.41, 5.74) is 0. The first-order chi connectivity index (χ1) is 33.5. The Hall–Kier alpha value is -1.85. The van der Waals surface area contributed by atoms with Gasteiger partial charge in [0.05, 0.1) is 0 Å². The molecule has 0 heterocycles. The molecule has 0 aliphatic carbocycles. The Kier molecular flexibility index (Phi) is 56.2. The molecule has 0 saturated heterocycles. The van der Waals surface area contributed by atoms with E-state index in [1.165, 1.54) is 250 Å². The van der Waals surface area contributed by atoms with Gasteiger partial charge in [-0.1, -0.05) is 296 Å². The van der Waals surface area contributed by atoms with Crippen LogP contribution in [0.1, 0.15) is 348 Å². The third-order valence-corrected chi connectivity index (χ3v) is 14.0. The summed E-state index contributed by atoms with van der Waals surface area (Å²) in [6.07, 6.45) is 66.9. The molecule has 0 aromatic heterocycles. The normalized spacial score (nSPS) is 12.0. The summed E-state index contributed by atoms with van der Waals surface area (Å²) in [5.74, 6) is -0.859. The summed E-state index contributed by atoms with van der Waals surface area (Å²) < 4.78 is 16.8. The highest BCUT2D eigenvalue weighted by Crippen LogP contribution is 2.18. The quantitative estimate of drug-likeness (QED) is 0.0262. The van der Waals surface area contributed by atoms with E-state index in [2.05, 4.69) is 32.9 Å². The largest absolute Gasteiger partial charge is 0.462 e. The number of esters is 3. The molecule has 0 amide bonds. The Morgan fingerprint density at radius 3 is 0.735 bits per heavy atom. The van der Waals surface area contributed by atoms with E-state index in [9.17, 15) is 14.4 Å². The zero-order valence-electron chi connectivity index (χ0n) is 46.2. The van der Waals surface area contributed by atoms with Gasteiger partial charge in [-0.15, -0.1) is 0 Å². The van der Waals surface area contributed by atoms with Gasteiger partial charge in [-0.25, -0.2) is 0 Å². The van der Waals surface area contributed by atoms with Crippen LogP contribution in [0.4, 0.5) is 0 Å². The fraction of sp³-hybridized carbons (Fsp3) is 0.919. The molecule has 402 valence electrons. The van der Waals surface area contributed by atoms with Crippen molar-refractivity contribution >= 4 is 17.9 Å². The zero-order chi connectivity index (χ0) is 49.3. The molecule has 6 heteroatoms. The highest BCUT2D eigenvalue weighted by atomic mass is 16.6. The number of carbonyl (C=O) groups excluding carboxylic acids is 3. The summed E-state index contributed by atoms with van der Waals surface area (Å²) in [7, 11) is 0. The van der Waals surface area contributed by atoms with E-state index in [4.69, 9.17) is 14.2 Å². The second-order valence-electron chi connectivity index (χ2n) is 21.0. The predicted molar refractivity (Wildman–Crippen MR) is 293 cm³/mol. The van der Waals surface area contributed by atoms with Crippen LogP contribution in [-0.4, -0.2) is 37.2 Å². The molecule has 68 heavy (non-hydrogen) atoms. The molecule has 1 atom stereocenters. The number of carbonyl (C=O) groups is 3. The molecule has 0 N–H and O–H groups in total. The molecule has 0 bridgehead atoms. The number of ether oxygens (including phenoxy) is 3. The minimum Gasteiger partial charge on any atom is -0.462 e. The van der Waals surface area contributed by atoms with Crippen LogP contribution in [0.3, 0.4) is 0 Å². The Labute approximate surface area is 424 Å². The number of rotatable bonds is 57. The summed E-state index contributed by atoms with van der Waals surface area (Å²) in [5, 5.41) is 0. The smallest absolute Gasteiger partial charge is 0.306 e. The van der Waals surface area contributed by atoms with Gasteiger partial charge < -0.3 is 14.2 Å². The van der Waals surface area contributed by atoms with Crippen molar-refractivity contribution in [1.29, 1.82) is 0 Å². The molecule has 0 spiro atoms. The van der Waals surface area contributed by atoms with Gasteiger partial charge in [-0.2, -0.15) is 0 Å². The lowest BCUT2D eigenvalue weighted by molar-refractivity contribution is -0.167. The van der Waals surface area contributed by atoms with Crippen molar-refractivity contribution in [1.82, 2.24) is 0 Å². The lowest BCUT2D eigenvalue weighted by Gasteiger charge is -2.18. The van der Waals surface area contributed by atoms with Crippen LogP contribution < -0.4 is 0 Å². The number of unbranched alkanes of at least 4 members (excludes halogenated alkanes) is 44. The standard InChI is InChI=1S/C62H118O6/c1-4-7-10-13-16-18-20-22-24-26-27-28-29-30-31-32-33-34-35-37-38-40-42-44-46-49-52-55-61(64)67-58-59(57-66-60(63)54-51-48-15-12-9-6-3)68-62(65)56-53-50-47-45-43-41-39-36-25-23-21-19-17-14-11-8-5-2/h23,25,59H,4-22,24,26-58H2,1-3H3/b25-23-. The molecule has 1 unspecified atom stereocenters. The minimum atomic E-state index is -0.765. The van der Waals surface area contributed by atoms with Gasteiger partial charge in [0.25, 0.3) is 0 Å². The number of hydrogen-bond donors (Lipinski definition) is 0. The molecule has 0 aliphatic heterocycles. The fourth-order valence-corrected chi connectivity index (χ4v) is 9.38. The first kappa shape index (κ1) is 66.2. The molecule has 0 rings (SSSR count). The number of allylic oxidation sites excluding steroid dienone is 2. The molecule has 6 nitrogen and oxygen atoms in total. The minimum absolute atomic E-state index is 0.0669. The lowest BCUT2D eigenvalue weighted by Crippen LogP contribution is -2.30. The summed E-state index contributed by atoms with van der Waals surface area (Å²) in [6.45, 7) is 6.63. The first-order valence-electron chi connectivity index (χ1n) is 30.7. The van der Waals surface area contributed by atoms with Crippen molar-refractivity contribution in [3.8, 4) is 0 Å². The third kappa shape index (κ3) is 55.1. The van der Waals surface area contributed by atoms with Crippen molar-refractivity contribution in [2.45, 2.75) is 354 Å². The Balaban J connectivity index is 4.00. The average Bonchev–Trinajstić information content (AvgIpc) is 3.34. The second-order valence-corrected chi connectivity index (χ2v) is 21.0. The Morgan fingerprint density at radius 2 is 0.485 bits per heavy atom. The van der Waals surface area contributed by atoms with Crippen molar-refractivity contribution in [2.75, 3.05) is 13.2 Å². The van der Waals surface area contributed by atoms with Crippen molar-refractivity contribution < 1.29 is 28.6 Å². The van der Waals surface area contributed by atoms with E-state index in [1.807, 2.05) is 0 Å². The van der Waals surface area contributed by atoms with Crippen LogP contribution in [-0.2, 0) is 28.6 Å². The molecule has 0 aliphatic rings. The average molecular weight is 960 g/mol. The van der Waals surface area contributed by atoms with Crippen molar-refractivity contribution in [3.05, 3.63) is 12.2 Å². The van der Waals surface area contributed by atoms with Gasteiger partial charge in [0, 0.05) is 19.3 Å².